The van der Waals surface area contributed by atoms with Gasteiger partial charge in [0.05, 0.1) is 0 Å². The van der Waals surface area contributed by atoms with E-state index in [0.29, 0.717) is 12.0 Å². The summed E-state index contributed by atoms with van der Waals surface area (Å²) >= 11 is 0. The molecule has 2 N–H and O–H groups in total. The predicted octanol–water partition coefficient (Wildman–Crippen LogP) is 3.82. The van der Waals surface area contributed by atoms with Crippen LogP contribution in [-0.2, 0) is 11.2 Å². The normalized spacial score (nSPS) is 25.9. The van der Waals surface area contributed by atoms with Crippen molar-refractivity contribution in [2.45, 2.75) is 65.0 Å². The lowest BCUT2D eigenvalue weighted by atomic mass is 9.73. The summed E-state index contributed by atoms with van der Waals surface area (Å²) in [5, 5.41) is 4.77. The molecule has 4 heteroatoms. The topological polar surface area (TPSA) is 48.1 Å². The van der Waals surface area contributed by atoms with Gasteiger partial charge in [0.1, 0.15) is 0 Å². The van der Waals surface area contributed by atoms with E-state index in [1.54, 1.807) is 0 Å². The Bertz CT molecular complexity index is 816. The van der Waals surface area contributed by atoms with Gasteiger partial charge in [0.25, 0.3) is 0 Å². The molecule has 2 aliphatic rings. The second kappa shape index (κ2) is 6.41. The highest BCUT2D eigenvalue weighted by molar-refractivity contribution is 5.88. The zero-order chi connectivity index (χ0) is 18.5. The van der Waals surface area contributed by atoms with Crippen molar-refractivity contribution in [1.82, 2.24) is 15.2 Å². The summed E-state index contributed by atoms with van der Waals surface area (Å²) in [6.45, 7) is 10.3. The SMILES string of the molecule is CCCN1CC(NC(=O)C(C)(C)C)C[C@@H]2c3cccc4[nH]cc(c34)C[C@H]21. The van der Waals surface area contributed by atoms with E-state index >= 15 is 0 Å². The van der Waals surface area contributed by atoms with Gasteiger partial charge in [-0.3, -0.25) is 9.69 Å². The number of aromatic nitrogens is 1. The van der Waals surface area contributed by atoms with Crippen molar-refractivity contribution in [1.29, 1.82) is 0 Å². The van der Waals surface area contributed by atoms with Crippen LogP contribution in [0.15, 0.2) is 24.4 Å². The van der Waals surface area contributed by atoms with Gasteiger partial charge >= 0.3 is 0 Å². The summed E-state index contributed by atoms with van der Waals surface area (Å²) in [4.78, 5) is 18.6. The van der Waals surface area contributed by atoms with E-state index in [-0.39, 0.29) is 17.4 Å². The summed E-state index contributed by atoms with van der Waals surface area (Å²) in [6.07, 6.45) is 5.49. The van der Waals surface area contributed by atoms with Crippen molar-refractivity contribution < 1.29 is 4.79 Å². The molecule has 4 rings (SSSR count). The number of carbonyl (C=O) groups is 1. The first kappa shape index (κ1) is 17.6. The monoisotopic (exact) mass is 353 g/mol. The average molecular weight is 354 g/mol. The van der Waals surface area contributed by atoms with Crippen molar-refractivity contribution in [2.75, 3.05) is 13.1 Å². The Morgan fingerprint density at radius 3 is 2.88 bits per heavy atom. The lowest BCUT2D eigenvalue weighted by Gasteiger charge is -2.47. The fourth-order valence-corrected chi connectivity index (χ4v) is 4.85. The summed E-state index contributed by atoms with van der Waals surface area (Å²) < 4.78 is 0. The number of carbonyl (C=O) groups excluding carboxylic acids is 1. The van der Waals surface area contributed by atoms with Crippen molar-refractivity contribution in [3.05, 3.63) is 35.5 Å². The van der Waals surface area contributed by atoms with E-state index in [2.05, 4.69) is 46.5 Å². The Kier molecular flexibility index (Phi) is 4.34. The molecular weight excluding hydrogens is 322 g/mol. The van der Waals surface area contributed by atoms with Crippen LogP contribution in [0.25, 0.3) is 10.9 Å². The van der Waals surface area contributed by atoms with E-state index in [9.17, 15) is 4.79 Å². The number of aromatic amines is 1. The van der Waals surface area contributed by atoms with E-state index in [1.807, 2.05) is 20.8 Å². The first-order chi connectivity index (χ1) is 12.4. The standard InChI is InChI=1S/C22H31N3O/c1-5-9-25-13-15(24-21(26)22(2,3)4)11-17-16-7-6-8-18-20(16)14(12-23-18)10-19(17)25/h6-8,12,15,17,19,23H,5,9-11,13H2,1-4H3,(H,24,26)/t15?,17-,19-/m1/s1. The molecule has 1 fully saturated rings. The highest BCUT2D eigenvalue weighted by Gasteiger charge is 2.41. The van der Waals surface area contributed by atoms with Gasteiger partial charge in [-0.1, -0.05) is 39.8 Å². The summed E-state index contributed by atoms with van der Waals surface area (Å²) in [5.74, 6) is 0.654. The maximum absolute atomic E-state index is 12.6. The minimum Gasteiger partial charge on any atom is -0.361 e. The molecule has 1 amide bonds. The quantitative estimate of drug-likeness (QED) is 0.881. The highest BCUT2D eigenvalue weighted by atomic mass is 16.2. The van der Waals surface area contributed by atoms with Gasteiger partial charge in [-0.2, -0.15) is 0 Å². The smallest absolute Gasteiger partial charge is 0.225 e. The second-order valence-electron chi connectivity index (χ2n) is 9.11. The van der Waals surface area contributed by atoms with Crippen LogP contribution >= 0.6 is 0 Å². The fourth-order valence-electron chi connectivity index (χ4n) is 4.85. The summed E-state index contributed by atoms with van der Waals surface area (Å²) in [5.41, 5.74) is 3.83. The molecule has 2 aromatic rings. The number of hydrogen-bond acceptors (Lipinski definition) is 2. The number of rotatable bonds is 3. The van der Waals surface area contributed by atoms with Crippen LogP contribution in [-0.4, -0.2) is 41.0 Å². The number of nitrogens with zero attached hydrogens (tertiary/aromatic N) is 1. The Morgan fingerprint density at radius 2 is 2.15 bits per heavy atom. The molecule has 0 spiro atoms. The van der Waals surface area contributed by atoms with Crippen LogP contribution < -0.4 is 5.32 Å². The number of amides is 1. The van der Waals surface area contributed by atoms with E-state index in [1.165, 1.54) is 22.0 Å². The summed E-state index contributed by atoms with van der Waals surface area (Å²) in [6, 6.07) is 7.42. The van der Waals surface area contributed by atoms with E-state index < -0.39 is 0 Å². The molecule has 0 saturated carbocycles. The van der Waals surface area contributed by atoms with Gasteiger partial charge in [-0.05, 0) is 43.0 Å². The Labute approximate surface area is 156 Å². The number of nitrogens with one attached hydrogen (secondary N) is 2. The number of H-pyrrole nitrogens is 1. The minimum absolute atomic E-state index is 0.161. The first-order valence-electron chi connectivity index (χ1n) is 10.0. The molecule has 0 radical (unpaired) electrons. The Morgan fingerprint density at radius 1 is 1.35 bits per heavy atom. The molecule has 1 aromatic carbocycles. The number of fused-ring (bicyclic) bond motifs is 2. The average Bonchev–Trinajstić information content (AvgIpc) is 3.00. The van der Waals surface area contributed by atoms with Crippen molar-refractivity contribution in [3.8, 4) is 0 Å². The maximum atomic E-state index is 12.6. The number of likely N-dealkylation sites (tertiary alicyclic amines) is 1. The molecule has 140 valence electrons. The zero-order valence-electron chi connectivity index (χ0n) is 16.4. The lowest BCUT2D eigenvalue weighted by Crippen LogP contribution is -2.57. The molecule has 4 nitrogen and oxygen atoms in total. The minimum atomic E-state index is -0.340. The maximum Gasteiger partial charge on any atom is 0.225 e. The van der Waals surface area contributed by atoms with Gasteiger partial charge in [0, 0.05) is 47.1 Å². The van der Waals surface area contributed by atoms with Gasteiger partial charge in [0.15, 0.2) is 0 Å². The zero-order valence-corrected chi connectivity index (χ0v) is 16.4. The van der Waals surface area contributed by atoms with Crippen LogP contribution in [0.2, 0.25) is 0 Å². The van der Waals surface area contributed by atoms with Crippen molar-refractivity contribution >= 4 is 16.8 Å². The largest absolute Gasteiger partial charge is 0.361 e. The molecule has 1 aliphatic heterocycles. The first-order valence-corrected chi connectivity index (χ1v) is 10.0. The van der Waals surface area contributed by atoms with E-state index in [4.69, 9.17) is 0 Å². The highest BCUT2D eigenvalue weighted by Crippen LogP contribution is 2.43. The third-order valence-electron chi connectivity index (χ3n) is 6.10. The molecule has 2 heterocycles. The fraction of sp³-hybridized carbons (Fsp3) is 0.591. The molecular formula is C22H31N3O. The lowest BCUT2D eigenvalue weighted by molar-refractivity contribution is -0.129. The Hall–Kier alpha value is -1.81. The molecule has 3 atom stereocenters. The predicted molar refractivity (Wildman–Crippen MR) is 106 cm³/mol. The molecule has 1 aliphatic carbocycles. The molecule has 26 heavy (non-hydrogen) atoms. The van der Waals surface area contributed by atoms with Gasteiger partial charge in [-0.15, -0.1) is 0 Å². The molecule has 1 unspecified atom stereocenters. The third kappa shape index (κ3) is 2.94. The van der Waals surface area contributed by atoms with Gasteiger partial charge < -0.3 is 10.3 Å². The van der Waals surface area contributed by atoms with E-state index in [0.717, 1.165) is 32.4 Å². The second-order valence-corrected chi connectivity index (χ2v) is 9.11. The molecule has 0 bridgehead atoms. The molecule has 1 aromatic heterocycles. The van der Waals surface area contributed by atoms with Crippen LogP contribution in [0.5, 0.6) is 0 Å². The van der Waals surface area contributed by atoms with Crippen LogP contribution in [0.1, 0.15) is 57.6 Å². The van der Waals surface area contributed by atoms with Crippen molar-refractivity contribution in [3.63, 3.8) is 0 Å². The van der Waals surface area contributed by atoms with Crippen LogP contribution in [0, 0.1) is 5.41 Å². The van der Waals surface area contributed by atoms with Crippen LogP contribution in [0.3, 0.4) is 0 Å². The summed E-state index contributed by atoms with van der Waals surface area (Å²) in [7, 11) is 0. The number of hydrogen-bond donors (Lipinski definition) is 2. The Balaban J connectivity index is 1.67. The number of benzene rings is 1. The van der Waals surface area contributed by atoms with Crippen LogP contribution in [0.4, 0.5) is 0 Å². The molecule has 1 saturated heterocycles. The van der Waals surface area contributed by atoms with Gasteiger partial charge in [-0.25, -0.2) is 0 Å². The third-order valence-corrected chi connectivity index (χ3v) is 6.10. The van der Waals surface area contributed by atoms with Crippen molar-refractivity contribution in [2.24, 2.45) is 5.41 Å². The number of piperidine rings is 1. The van der Waals surface area contributed by atoms with Gasteiger partial charge in [0.2, 0.25) is 5.91 Å².